The summed E-state index contributed by atoms with van der Waals surface area (Å²) in [4.78, 5) is 13.6. The first-order chi connectivity index (χ1) is 9.20. The summed E-state index contributed by atoms with van der Waals surface area (Å²) in [6.45, 7) is 3.73. The fraction of sp³-hybridized carbons (Fsp3) is 0.533. The van der Waals surface area contributed by atoms with E-state index in [1.54, 1.807) is 12.1 Å². The first-order valence-electron chi connectivity index (χ1n) is 6.89. The Kier molecular flexibility index (Phi) is 4.80. The third-order valence-corrected chi connectivity index (χ3v) is 3.47. The Balaban J connectivity index is 1.84. The van der Waals surface area contributed by atoms with Crippen LogP contribution in [0.3, 0.4) is 0 Å². The zero-order chi connectivity index (χ0) is 13.7. The highest BCUT2D eigenvalue weighted by Crippen LogP contribution is 2.20. The van der Waals surface area contributed by atoms with E-state index in [4.69, 9.17) is 4.74 Å². The van der Waals surface area contributed by atoms with E-state index in [0.29, 0.717) is 12.2 Å². The summed E-state index contributed by atoms with van der Waals surface area (Å²) in [6.07, 6.45) is 2.44. The molecule has 1 aromatic rings. The SMILES string of the molecule is CCC(O)c1ccc(OCC(=O)N2CCCC2)cc1. The molecule has 1 unspecified atom stereocenters. The molecule has 0 spiro atoms. The number of ether oxygens (including phenoxy) is 1. The van der Waals surface area contributed by atoms with E-state index >= 15 is 0 Å². The Hall–Kier alpha value is -1.55. The van der Waals surface area contributed by atoms with Crippen LogP contribution in [0.5, 0.6) is 5.75 Å². The molecule has 0 aromatic heterocycles. The van der Waals surface area contributed by atoms with Gasteiger partial charge < -0.3 is 14.7 Å². The maximum atomic E-state index is 11.8. The molecular formula is C15H21NO3. The molecule has 0 radical (unpaired) electrons. The van der Waals surface area contributed by atoms with Crippen LogP contribution in [0.25, 0.3) is 0 Å². The van der Waals surface area contributed by atoms with Gasteiger partial charge in [0, 0.05) is 13.1 Å². The number of benzene rings is 1. The van der Waals surface area contributed by atoms with Gasteiger partial charge in [-0.2, -0.15) is 0 Å². The van der Waals surface area contributed by atoms with Crippen molar-refractivity contribution in [3.63, 3.8) is 0 Å². The Labute approximate surface area is 114 Å². The van der Waals surface area contributed by atoms with Crippen molar-refractivity contribution in [3.05, 3.63) is 29.8 Å². The number of likely N-dealkylation sites (tertiary alicyclic amines) is 1. The van der Waals surface area contributed by atoms with E-state index in [9.17, 15) is 9.90 Å². The van der Waals surface area contributed by atoms with Gasteiger partial charge in [0.2, 0.25) is 0 Å². The van der Waals surface area contributed by atoms with Gasteiger partial charge in [-0.05, 0) is 37.0 Å². The topological polar surface area (TPSA) is 49.8 Å². The highest BCUT2D eigenvalue weighted by Gasteiger charge is 2.18. The first kappa shape index (κ1) is 13.9. The molecule has 2 rings (SSSR count). The van der Waals surface area contributed by atoms with Crippen LogP contribution in [0, 0.1) is 0 Å². The van der Waals surface area contributed by atoms with Crippen LogP contribution in [0.15, 0.2) is 24.3 Å². The van der Waals surface area contributed by atoms with E-state index < -0.39 is 6.10 Å². The van der Waals surface area contributed by atoms with Gasteiger partial charge in [-0.3, -0.25) is 4.79 Å². The van der Waals surface area contributed by atoms with E-state index in [1.165, 1.54) is 0 Å². The lowest BCUT2D eigenvalue weighted by Gasteiger charge is -2.15. The molecule has 0 saturated carbocycles. The van der Waals surface area contributed by atoms with Crippen LogP contribution in [0.2, 0.25) is 0 Å². The summed E-state index contributed by atoms with van der Waals surface area (Å²) in [6, 6.07) is 7.27. The molecule has 19 heavy (non-hydrogen) atoms. The van der Waals surface area contributed by atoms with Crippen molar-refractivity contribution in [1.82, 2.24) is 4.90 Å². The first-order valence-corrected chi connectivity index (χ1v) is 6.89. The number of aliphatic hydroxyl groups is 1. The minimum absolute atomic E-state index is 0.0511. The van der Waals surface area contributed by atoms with Gasteiger partial charge in [0.05, 0.1) is 6.10 Å². The number of rotatable bonds is 5. The Bertz CT molecular complexity index is 410. The van der Waals surface area contributed by atoms with Gasteiger partial charge >= 0.3 is 0 Å². The molecule has 0 bridgehead atoms. The molecule has 1 fully saturated rings. The molecule has 1 aliphatic heterocycles. The zero-order valence-electron chi connectivity index (χ0n) is 11.3. The summed E-state index contributed by atoms with van der Waals surface area (Å²) in [5.41, 5.74) is 0.876. The third kappa shape index (κ3) is 3.70. The van der Waals surface area contributed by atoms with Crippen molar-refractivity contribution in [2.45, 2.75) is 32.3 Å². The van der Waals surface area contributed by atoms with Gasteiger partial charge in [-0.25, -0.2) is 0 Å². The normalized spacial score (nSPS) is 16.4. The van der Waals surface area contributed by atoms with Gasteiger partial charge in [0.15, 0.2) is 6.61 Å². The zero-order valence-corrected chi connectivity index (χ0v) is 11.3. The molecule has 1 aliphatic rings. The molecule has 104 valence electrons. The molecule has 1 amide bonds. The van der Waals surface area contributed by atoms with Crippen molar-refractivity contribution in [1.29, 1.82) is 0 Å². The monoisotopic (exact) mass is 263 g/mol. The van der Waals surface area contributed by atoms with Crippen LogP contribution in [-0.4, -0.2) is 35.6 Å². The number of nitrogens with zero attached hydrogens (tertiary/aromatic N) is 1. The lowest BCUT2D eigenvalue weighted by atomic mass is 10.1. The maximum Gasteiger partial charge on any atom is 0.260 e. The van der Waals surface area contributed by atoms with Crippen molar-refractivity contribution in [3.8, 4) is 5.75 Å². The Morgan fingerprint density at radius 1 is 1.32 bits per heavy atom. The Morgan fingerprint density at radius 2 is 1.95 bits per heavy atom. The number of carbonyl (C=O) groups excluding carboxylic acids is 1. The second-order valence-electron chi connectivity index (χ2n) is 4.87. The number of aliphatic hydroxyl groups excluding tert-OH is 1. The molecule has 1 saturated heterocycles. The minimum Gasteiger partial charge on any atom is -0.484 e. The smallest absolute Gasteiger partial charge is 0.260 e. The molecule has 1 heterocycles. The third-order valence-electron chi connectivity index (χ3n) is 3.47. The Morgan fingerprint density at radius 3 is 2.53 bits per heavy atom. The second kappa shape index (κ2) is 6.57. The molecule has 1 atom stereocenters. The highest BCUT2D eigenvalue weighted by molar-refractivity contribution is 5.78. The number of amides is 1. The van der Waals surface area contributed by atoms with Gasteiger partial charge in [-0.15, -0.1) is 0 Å². The predicted octanol–water partition coefficient (Wildman–Crippen LogP) is 2.13. The average Bonchev–Trinajstić information content (AvgIpc) is 2.98. The van der Waals surface area contributed by atoms with Crippen LogP contribution in [0.1, 0.15) is 37.9 Å². The maximum absolute atomic E-state index is 11.8. The van der Waals surface area contributed by atoms with Crippen LogP contribution in [-0.2, 0) is 4.79 Å². The van der Waals surface area contributed by atoms with E-state index in [2.05, 4.69) is 0 Å². The van der Waals surface area contributed by atoms with E-state index in [-0.39, 0.29) is 12.5 Å². The van der Waals surface area contributed by atoms with Gasteiger partial charge in [0.25, 0.3) is 5.91 Å². The van der Waals surface area contributed by atoms with Crippen molar-refractivity contribution >= 4 is 5.91 Å². The van der Waals surface area contributed by atoms with E-state index in [1.807, 2.05) is 24.0 Å². The van der Waals surface area contributed by atoms with Gasteiger partial charge in [-0.1, -0.05) is 19.1 Å². The molecular weight excluding hydrogens is 242 g/mol. The number of carbonyl (C=O) groups is 1. The van der Waals surface area contributed by atoms with E-state index in [0.717, 1.165) is 31.5 Å². The highest BCUT2D eigenvalue weighted by atomic mass is 16.5. The van der Waals surface area contributed by atoms with Crippen molar-refractivity contribution < 1.29 is 14.6 Å². The lowest BCUT2D eigenvalue weighted by Crippen LogP contribution is -2.32. The number of hydrogen-bond acceptors (Lipinski definition) is 3. The molecule has 1 aromatic carbocycles. The summed E-state index contributed by atoms with van der Waals surface area (Å²) in [7, 11) is 0. The lowest BCUT2D eigenvalue weighted by molar-refractivity contribution is -0.132. The van der Waals surface area contributed by atoms with Gasteiger partial charge in [0.1, 0.15) is 5.75 Å². The largest absolute Gasteiger partial charge is 0.484 e. The fourth-order valence-electron chi connectivity index (χ4n) is 2.22. The predicted molar refractivity (Wildman–Crippen MR) is 73.0 cm³/mol. The second-order valence-corrected chi connectivity index (χ2v) is 4.87. The average molecular weight is 263 g/mol. The quantitative estimate of drug-likeness (QED) is 0.885. The van der Waals surface area contributed by atoms with Crippen molar-refractivity contribution in [2.75, 3.05) is 19.7 Å². The molecule has 4 heteroatoms. The van der Waals surface area contributed by atoms with Crippen molar-refractivity contribution in [2.24, 2.45) is 0 Å². The molecule has 4 nitrogen and oxygen atoms in total. The molecule has 0 aliphatic carbocycles. The van der Waals surface area contributed by atoms with Crippen LogP contribution in [0.4, 0.5) is 0 Å². The summed E-state index contributed by atoms with van der Waals surface area (Å²) < 4.78 is 5.48. The minimum atomic E-state index is -0.430. The fourth-order valence-corrected chi connectivity index (χ4v) is 2.22. The molecule has 1 N–H and O–H groups in total. The summed E-state index contributed by atoms with van der Waals surface area (Å²) in [5.74, 6) is 0.717. The van der Waals surface area contributed by atoms with Crippen LogP contribution < -0.4 is 4.74 Å². The summed E-state index contributed by atoms with van der Waals surface area (Å²) in [5, 5.41) is 9.68. The van der Waals surface area contributed by atoms with Crippen LogP contribution >= 0.6 is 0 Å². The summed E-state index contributed by atoms with van der Waals surface area (Å²) >= 11 is 0. The number of hydrogen-bond donors (Lipinski definition) is 1. The standard InChI is InChI=1S/C15H21NO3/c1-2-14(17)12-5-7-13(8-6-12)19-11-15(18)16-9-3-4-10-16/h5-8,14,17H,2-4,9-11H2,1H3.